The Bertz CT molecular complexity index is 130. The number of nitrogens with zero attached hydrogens (tertiary/aromatic N) is 1. The van der Waals surface area contributed by atoms with Gasteiger partial charge in [0.05, 0.1) is 6.61 Å². The molecule has 1 fully saturated rings. The fourth-order valence-electron chi connectivity index (χ4n) is 1.12. The number of methoxy groups -OCH3 is 1. The molecule has 3 nitrogen and oxygen atoms in total. The minimum Gasteiger partial charge on any atom is -0.383 e. The lowest BCUT2D eigenvalue weighted by molar-refractivity contribution is 0.153. The highest BCUT2D eigenvalue weighted by Gasteiger charge is 2.13. The summed E-state index contributed by atoms with van der Waals surface area (Å²) in [5.74, 6) is 1.67. The summed E-state index contributed by atoms with van der Waals surface area (Å²) in [5.41, 5.74) is 0. The molecule has 1 aliphatic rings. The average Bonchev–Trinajstić information content (AvgIpc) is 2.04. The summed E-state index contributed by atoms with van der Waals surface area (Å²) in [4.78, 5) is 2.30. The third-order valence-corrected chi connectivity index (χ3v) is 3.16. The van der Waals surface area contributed by atoms with E-state index in [0.717, 1.165) is 37.7 Å². The molecule has 0 aliphatic carbocycles. The summed E-state index contributed by atoms with van der Waals surface area (Å²) >= 11 is 0. The highest BCUT2D eigenvalue weighted by atomic mass is 32.2. The van der Waals surface area contributed by atoms with Crippen molar-refractivity contribution >= 4 is 10.8 Å². The second-order valence-corrected chi connectivity index (χ2v) is 4.38. The van der Waals surface area contributed by atoms with Crippen molar-refractivity contribution in [2.24, 2.45) is 0 Å². The average molecular weight is 177 g/mol. The second kappa shape index (κ2) is 4.85. The van der Waals surface area contributed by atoms with Gasteiger partial charge in [-0.15, -0.1) is 0 Å². The van der Waals surface area contributed by atoms with Gasteiger partial charge < -0.3 is 4.74 Å². The van der Waals surface area contributed by atoms with Gasteiger partial charge in [-0.05, 0) is 0 Å². The second-order valence-electron chi connectivity index (χ2n) is 2.68. The molecule has 0 bridgehead atoms. The zero-order chi connectivity index (χ0) is 8.10. The Kier molecular flexibility index (Phi) is 4.04. The molecule has 0 atom stereocenters. The standard InChI is InChI=1S/C7H15NO2S/c1-10-5-2-8-3-6-11(9)7-4-8/h2-7H2,1H3. The van der Waals surface area contributed by atoms with Crippen molar-refractivity contribution in [3.8, 4) is 0 Å². The molecule has 1 rings (SSSR count). The Morgan fingerprint density at radius 1 is 1.45 bits per heavy atom. The summed E-state index contributed by atoms with van der Waals surface area (Å²) in [6.07, 6.45) is 0. The van der Waals surface area contributed by atoms with Gasteiger partial charge in [0.1, 0.15) is 0 Å². The van der Waals surface area contributed by atoms with Crippen LogP contribution in [-0.4, -0.2) is 54.0 Å². The number of hydrogen-bond donors (Lipinski definition) is 0. The molecule has 11 heavy (non-hydrogen) atoms. The quantitative estimate of drug-likeness (QED) is 0.592. The zero-order valence-corrected chi connectivity index (χ0v) is 7.73. The van der Waals surface area contributed by atoms with Crippen LogP contribution in [0, 0.1) is 0 Å². The van der Waals surface area contributed by atoms with Crippen LogP contribution >= 0.6 is 0 Å². The highest BCUT2D eigenvalue weighted by Crippen LogP contribution is 1.98. The van der Waals surface area contributed by atoms with E-state index in [4.69, 9.17) is 4.74 Å². The monoisotopic (exact) mass is 177 g/mol. The maximum Gasteiger partial charge on any atom is 0.0589 e. The van der Waals surface area contributed by atoms with Crippen LogP contribution < -0.4 is 0 Å². The van der Waals surface area contributed by atoms with E-state index in [0.29, 0.717) is 0 Å². The minimum atomic E-state index is -0.549. The fourth-order valence-corrected chi connectivity index (χ4v) is 2.25. The molecule has 1 heterocycles. The first-order chi connectivity index (χ1) is 5.33. The maximum absolute atomic E-state index is 10.9. The summed E-state index contributed by atoms with van der Waals surface area (Å²) in [7, 11) is 1.16. The summed E-state index contributed by atoms with van der Waals surface area (Å²) in [5, 5.41) is 0. The lowest BCUT2D eigenvalue weighted by Gasteiger charge is -2.25. The van der Waals surface area contributed by atoms with Gasteiger partial charge in [0, 0.05) is 49.0 Å². The zero-order valence-electron chi connectivity index (χ0n) is 6.91. The van der Waals surface area contributed by atoms with Crippen LogP contribution in [0.1, 0.15) is 0 Å². The fraction of sp³-hybridized carbons (Fsp3) is 1.00. The third-order valence-electron chi connectivity index (χ3n) is 1.88. The van der Waals surface area contributed by atoms with Gasteiger partial charge in [-0.3, -0.25) is 9.11 Å². The van der Waals surface area contributed by atoms with Crippen LogP contribution in [0.3, 0.4) is 0 Å². The van der Waals surface area contributed by atoms with E-state index >= 15 is 0 Å². The summed E-state index contributed by atoms with van der Waals surface area (Å²) in [6, 6.07) is 0. The predicted octanol–water partition coefficient (Wildman–Crippen LogP) is -0.303. The van der Waals surface area contributed by atoms with E-state index in [1.54, 1.807) is 7.11 Å². The van der Waals surface area contributed by atoms with Crippen molar-refractivity contribution in [1.29, 1.82) is 0 Å². The SMILES string of the molecule is COCCN1CCS(=O)CC1. The molecule has 0 saturated carbocycles. The van der Waals surface area contributed by atoms with Crippen LogP contribution in [-0.2, 0) is 15.5 Å². The van der Waals surface area contributed by atoms with E-state index in [-0.39, 0.29) is 0 Å². The van der Waals surface area contributed by atoms with Crippen molar-refractivity contribution in [1.82, 2.24) is 4.90 Å². The lowest BCUT2D eigenvalue weighted by atomic mass is 10.5. The van der Waals surface area contributed by atoms with Crippen LogP contribution in [0.15, 0.2) is 0 Å². The first kappa shape index (κ1) is 9.16. The molecule has 0 amide bonds. The van der Waals surface area contributed by atoms with Crippen LogP contribution in [0.2, 0.25) is 0 Å². The molecule has 1 saturated heterocycles. The molecule has 0 aromatic heterocycles. The van der Waals surface area contributed by atoms with E-state index in [1.165, 1.54) is 0 Å². The van der Waals surface area contributed by atoms with Gasteiger partial charge in [-0.2, -0.15) is 0 Å². The van der Waals surface area contributed by atoms with Crippen LogP contribution in [0.25, 0.3) is 0 Å². The van der Waals surface area contributed by atoms with Crippen molar-refractivity contribution in [2.75, 3.05) is 44.9 Å². The first-order valence-corrected chi connectivity index (χ1v) is 5.38. The first-order valence-electron chi connectivity index (χ1n) is 3.89. The summed E-state index contributed by atoms with van der Waals surface area (Å²) in [6.45, 7) is 3.70. The molecule has 1 aliphatic heterocycles. The van der Waals surface area contributed by atoms with Crippen molar-refractivity contribution < 1.29 is 8.95 Å². The highest BCUT2D eigenvalue weighted by molar-refractivity contribution is 7.85. The molecule has 0 N–H and O–H groups in total. The van der Waals surface area contributed by atoms with E-state index in [1.807, 2.05) is 0 Å². The van der Waals surface area contributed by atoms with Gasteiger partial charge in [0.2, 0.25) is 0 Å². The number of rotatable bonds is 3. The van der Waals surface area contributed by atoms with Crippen molar-refractivity contribution in [3.05, 3.63) is 0 Å². The molecule has 0 spiro atoms. The smallest absolute Gasteiger partial charge is 0.0589 e. The molecule has 4 heteroatoms. The molecule has 0 aromatic carbocycles. The maximum atomic E-state index is 10.9. The predicted molar refractivity (Wildman–Crippen MR) is 46.2 cm³/mol. The number of hydrogen-bond acceptors (Lipinski definition) is 3. The largest absolute Gasteiger partial charge is 0.383 e. The Balaban J connectivity index is 2.12. The Morgan fingerprint density at radius 3 is 2.64 bits per heavy atom. The van der Waals surface area contributed by atoms with Gasteiger partial charge in [0.15, 0.2) is 0 Å². The van der Waals surface area contributed by atoms with E-state index < -0.39 is 10.8 Å². The van der Waals surface area contributed by atoms with E-state index in [2.05, 4.69) is 4.90 Å². The lowest BCUT2D eigenvalue weighted by Crippen LogP contribution is -2.39. The molecular formula is C7H15NO2S. The molecule has 0 aromatic rings. The van der Waals surface area contributed by atoms with Gasteiger partial charge >= 0.3 is 0 Å². The van der Waals surface area contributed by atoms with Crippen molar-refractivity contribution in [2.45, 2.75) is 0 Å². The minimum absolute atomic E-state index is 0.549. The summed E-state index contributed by atoms with van der Waals surface area (Å²) < 4.78 is 15.9. The van der Waals surface area contributed by atoms with E-state index in [9.17, 15) is 4.21 Å². The molecule has 66 valence electrons. The van der Waals surface area contributed by atoms with Gasteiger partial charge in [-0.1, -0.05) is 0 Å². The Morgan fingerprint density at radius 2 is 2.09 bits per heavy atom. The van der Waals surface area contributed by atoms with Crippen LogP contribution in [0.4, 0.5) is 0 Å². The van der Waals surface area contributed by atoms with Gasteiger partial charge in [-0.25, -0.2) is 0 Å². The topological polar surface area (TPSA) is 29.5 Å². The molecule has 0 radical (unpaired) electrons. The number of ether oxygens (including phenoxy) is 1. The van der Waals surface area contributed by atoms with Crippen molar-refractivity contribution in [3.63, 3.8) is 0 Å². The Hall–Kier alpha value is 0.0700. The van der Waals surface area contributed by atoms with Crippen LogP contribution in [0.5, 0.6) is 0 Å². The third kappa shape index (κ3) is 3.31. The van der Waals surface area contributed by atoms with Gasteiger partial charge in [0.25, 0.3) is 0 Å². The molecular weight excluding hydrogens is 162 g/mol. The molecule has 0 unspecified atom stereocenters. The normalized spacial score (nSPS) is 22.3. The Labute approximate surface area is 70.2 Å².